The second kappa shape index (κ2) is 5.93. The average Bonchev–Trinajstić information content (AvgIpc) is 2.90. The molecule has 0 amide bonds. The van der Waals surface area contributed by atoms with Crippen LogP contribution in [0.25, 0.3) is 0 Å². The first kappa shape index (κ1) is 13.0. The van der Waals surface area contributed by atoms with Crippen molar-refractivity contribution in [2.45, 2.75) is 19.4 Å². The van der Waals surface area contributed by atoms with Gasteiger partial charge in [-0.2, -0.15) is 0 Å². The summed E-state index contributed by atoms with van der Waals surface area (Å²) in [6.45, 7) is 2.09. The van der Waals surface area contributed by atoms with Crippen LogP contribution in [-0.2, 0) is 6.42 Å². The summed E-state index contributed by atoms with van der Waals surface area (Å²) in [7, 11) is 3.66. The highest BCUT2D eigenvalue weighted by Gasteiger charge is 2.15. The molecule has 0 saturated heterocycles. The lowest BCUT2D eigenvalue weighted by atomic mass is 10.0. The highest BCUT2D eigenvalue weighted by atomic mass is 32.1. The second-order valence-corrected chi connectivity index (χ2v) is 5.00. The van der Waals surface area contributed by atoms with Crippen LogP contribution in [0.3, 0.4) is 0 Å². The van der Waals surface area contributed by atoms with Crippen LogP contribution in [0.2, 0.25) is 0 Å². The molecule has 96 valence electrons. The van der Waals surface area contributed by atoms with Crippen LogP contribution in [0.4, 0.5) is 0 Å². The molecule has 2 aromatic rings. The monoisotopic (exact) mass is 263 g/mol. The maximum absolute atomic E-state index is 5.41. The molecule has 2 rings (SSSR count). The van der Waals surface area contributed by atoms with Crippen LogP contribution in [0, 0.1) is 6.92 Å². The SMILES string of the molecule is CNC(Cc1cc(C)ccc1OC)c1cnns1. The van der Waals surface area contributed by atoms with Gasteiger partial charge in [-0.1, -0.05) is 22.2 Å². The molecule has 0 aliphatic heterocycles. The zero-order valence-corrected chi connectivity index (χ0v) is 11.6. The van der Waals surface area contributed by atoms with Crippen LogP contribution in [0.5, 0.6) is 5.75 Å². The Bertz CT molecular complexity index is 499. The van der Waals surface area contributed by atoms with Crippen LogP contribution in [0.15, 0.2) is 24.4 Å². The van der Waals surface area contributed by atoms with E-state index in [4.69, 9.17) is 4.74 Å². The highest BCUT2D eigenvalue weighted by Crippen LogP contribution is 2.26. The molecule has 0 aliphatic carbocycles. The molecule has 1 aromatic carbocycles. The number of nitrogens with one attached hydrogen (secondary N) is 1. The molecule has 1 aromatic heterocycles. The van der Waals surface area contributed by atoms with Gasteiger partial charge < -0.3 is 10.1 Å². The Morgan fingerprint density at radius 1 is 1.44 bits per heavy atom. The van der Waals surface area contributed by atoms with Gasteiger partial charge in [0.2, 0.25) is 0 Å². The van der Waals surface area contributed by atoms with Crippen LogP contribution in [0.1, 0.15) is 22.0 Å². The summed E-state index contributed by atoms with van der Waals surface area (Å²) in [5.74, 6) is 0.929. The topological polar surface area (TPSA) is 47.0 Å². The van der Waals surface area contributed by atoms with Crippen molar-refractivity contribution in [2.24, 2.45) is 0 Å². The van der Waals surface area contributed by atoms with Gasteiger partial charge in [-0.3, -0.25) is 0 Å². The molecule has 5 heteroatoms. The summed E-state index contributed by atoms with van der Waals surface area (Å²) in [6, 6.07) is 6.46. The molecular weight excluding hydrogens is 246 g/mol. The van der Waals surface area contributed by atoms with Crippen molar-refractivity contribution < 1.29 is 4.74 Å². The molecule has 1 unspecified atom stereocenters. The number of ether oxygens (including phenoxy) is 1. The van der Waals surface area contributed by atoms with Crippen molar-refractivity contribution in [1.29, 1.82) is 0 Å². The Kier molecular flexibility index (Phi) is 4.28. The van der Waals surface area contributed by atoms with Crippen molar-refractivity contribution in [3.05, 3.63) is 40.4 Å². The standard InChI is InChI=1S/C13H17N3OS/c1-9-4-5-12(17-3)10(6-9)7-11(14-2)13-8-15-16-18-13/h4-6,8,11,14H,7H2,1-3H3. The molecular formula is C13H17N3OS. The quantitative estimate of drug-likeness (QED) is 0.899. The van der Waals surface area contributed by atoms with E-state index >= 15 is 0 Å². The third kappa shape index (κ3) is 2.86. The number of aryl methyl sites for hydroxylation is 1. The smallest absolute Gasteiger partial charge is 0.122 e. The average molecular weight is 263 g/mol. The van der Waals surface area contributed by atoms with Gasteiger partial charge in [-0.25, -0.2) is 0 Å². The zero-order valence-electron chi connectivity index (χ0n) is 10.8. The number of methoxy groups -OCH3 is 1. The van der Waals surface area contributed by atoms with Gasteiger partial charge in [0.25, 0.3) is 0 Å². The third-order valence-corrected chi connectivity index (χ3v) is 3.71. The fraction of sp³-hybridized carbons (Fsp3) is 0.385. The summed E-state index contributed by atoms with van der Waals surface area (Å²) in [5, 5.41) is 7.19. The second-order valence-electron chi connectivity index (χ2n) is 4.18. The molecule has 0 radical (unpaired) electrons. The molecule has 1 heterocycles. The first-order valence-electron chi connectivity index (χ1n) is 5.82. The molecule has 18 heavy (non-hydrogen) atoms. The van der Waals surface area contributed by atoms with E-state index in [0.717, 1.165) is 17.0 Å². The Labute approximate surface area is 111 Å². The molecule has 0 saturated carbocycles. The largest absolute Gasteiger partial charge is 0.496 e. The van der Waals surface area contributed by atoms with E-state index < -0.39 is 0 Å². The van der Waals surface area contributed by atoms with Gasteiger partial charge in [-0.15, -0.1) is 5.10 Å². The number of hydrogen-bond donors (Lipinski definition) is 1. The van der Waals surface area contributed by atoms with Crippen LogP contribution >= 0.6 is 11.5 Å². The van der Waals surface area contributed by atoms with Crippen molar-refractivity contribution in [1.82, 2.24) is 14.9 Å². The normalized spacial score (nSPS) is 12.4. The van der Waals surface area contributed by atoms with Gasteiger partial charge >= 0.3 is 0 Å². The summed E-state index contributed by atoms with van der Waals surface area (Å²) in [5.41, 5.74) is 2.44. The molecule has 1 atom stereocenters. The summed E-state index contributed by atoms with van der Waals surface area (Å²) < 4.78 is 9.32. The van der Waals surface area contributed by atoms with E-state index in [2.05, 4.69) is 34.0 Å². The van der Waals surface area contributed by atoms with E-state index in [9.17, 15) is 0 Å². The molecule has 0 fully saturated rings. The molecule has 0 bridgehead atoms. The minimum atomic E-state index is 0.223. The van der Waals surface area contributed by atoms with Gasteiger partial charge in [0.05, 0.1) is 18.2 Å². The zero-order chi connectivity index (χ0) is 13.0. The minimum absolute atomic E-state index is 0.223. The Balaban J connectivity index is 2.24. The summed E-state index contributed by atoms with van der Waals surface area (Å²) in [4.78, 5) is 1.14. The number of likely N-dealkylation sites (N-methyl/N-ethyl adjacent to an activating group) is 1. The Hall–Kier alpha value is -1.46. The van der Waals surface area contributed by atoms with Crippen LogP contribution < -0.4 is 10.1 Å². The number of hydrogen-bond acceptors (Lipinski definition) is 5. The number of nitrogens with zero attached hydrogens (tertiary/aromatic N) is 2. The number of benzene rings is 1. The van der Waals surface area contributed by atoms with Crippen molar-refractivity contribution in [2.75, 3.05) is 14.2 Å². The van der Waals surface area contributed by atoms with E-state index in [0.29, 0.717) is 0 Å². The maximum atomic E-state index is 5.41. The third-order valence-electron chi connectivity index (χ3n) is 2.93. The van der Waals surface area contributed by atoms with E-state index in [1.807, 2.05) is 19.3 Å². The lowest BCUT2D eigenvalue weighted by Crippen LogP contribution is -2.18. The fourth-order valence-corrected chi connectivity index (χ4v) is 2.57. The van der Waals surface area contributed by atoms with Gasteiger partial charge in [0.1, 0.15) is 5.75 Å². The van der Waals surface area contributed by atoms with E-state index in [1.54, 1.807) is 7.11 Å². The predicted octanol–water partition coefficient (Wildman–Crippen LogP) is 2.36. The van der Waals surface area contributed by atoms with Gasteiger partial charge in [0, 0.05) is 6.04 Å². The number of rotatable bonds is 5. The first-order valence-corrected chi connectivity index (χ1v) is 6.60. The van der Waals surface area contributed by atoms with Crippen molar-refractivity contribution in [3.8, 4) is 5.75 Å². The first-order chi connectivity index (χ1) is 8.74. The minimum Gasteiger partial charge on any atom is -0.496 e. The Morgan fingerprint density at radius 3 is 2.89 bits per heavy atom. The maximum Gasteiger partial charge on any atom is 0.122 e. The molecule has 0 spiro atoms. The Morgan fingerprint density at radius 2 is 2.28 bits per heavy atom. The fourth-order valence-electron chi connectivity index (χ4n) is 1.96. The molecule has 1 N–H and O–H groups in total. The summed E-state index contributed by atoms with van der Waals surface area (Å²) >= 11 is 1.43. The number of aromatic nitrogens is 2. The summed E-state index contributed by atoms with van der Waals surface area (Å²) in [6.07, 6.45) is 2.68. The van der Waals surface area contributed by atoms with Gasteiger partial charge in [0.15, 0.2) is 0 Å². The van der Waals surface area contributed by atoms with Crippen molar-refractivity contribution in [3.63, 3.8) is 0 Å². The lowest BCUT2D eigenvalue weighted by Gasteiger charge is -2.16. The van der Waals surface area contributed by atoms with Gasteiger partial charge in [-0.05, 0) is 43.6 Å². The van der Waals surface area contributed by atoms with E-state index in [-0.39, 0.29) is 6.04 Å². The van der Waals surface area contributed by atoms with Crippen molar-refractivity contribution >= 4 is 11.5 Å². The highest BCUT2D eigenvalue weighted by molar-refractivity contribution is 7.05. The van der Waals surface area contributed by atoms with E-state index in [1.165, 1.54) is 22.7 Å². The predicted molar refractivity (Wildman–Crippen MR) is 73.1 cm³/mol. The van der Waals surface area contributed by atoms with Crippen LogP contribution in [-0.4, -0.2) is 23.7 Å². The molecule has 0 aliphatic rings. The molecule has 4 nitrogen and oxygen atoms in total. The lowest BCUT2D eigenvalue weighted by molar-refractivity contribution is 0.406.